The first-order chi connectivity index (χ1) is 26.9. The number of benzene rings is 4. The van der Waals surface area contributed by atoms with Crippen molar-refractivity contribution in [3.8, 4) is 44.5 Å². The Morgan fingerprint density at radius 2 is 0.696 bits per heavy atom. The first kappa shape index (κ1) is 38.1. The predicted molar refractivity (Wildman–Crippen MR) is 226 cm³/mol. The van der Waals surface area contributed by atoms with E-state index in [9.17, 15) is 4.79 Å². The van der Waals surface area contributed by atoms with Crippen molar-refractivity contribution in [2.75, 3.05) is 0 Å². The number of ketones is 1. The Balaban J connectivity index is 0.000000552. The van der Waals surface area contributed by atoms with E-state index >= 15 is 0 Å². The number of aliphatic hydroxyl groups excluding tert-OH is 1. The molecule has 0 aliphatic carbocycles. The second-order valence-electron chi connectivity index (χ2n) is 13.2. The van der Waals surface area contributed by atoms with E-state index in [1.54, 1.807) is 0 Å². The molecule has 0 saturated heterocycles. The molecule has 5 heterocycles. The van der Waals surface area contributed by atoms with Crippen molar-refractivity contribution in [3.63, 3.8) is 0 Å². The molecule has 3 aromatic heterocycles. The summed E-state index contributed by atoms with van der Waals surface area (Å²) < 4.78 is 0. The average Bonchev–Trinajstić information content (AvgIpc) is 4.04. The number of aliphatic hydroxyl groups is 1. The monoisotopic (exact) mass is 801 g/mol. The predicted octanol–water partition coefficient (Wildman–Crippen LogP) is 11.6. The van der Waals surface area contributed by atoms with E-state index in [4.69, 9.17) is 25.0 Å². The Bertz CT molecular complexity index is 2430. The largest absolute Gasteiger partial charge is 0.657 e. The van der Waals surface area contributed by atoms with Crippen LogP contribution in [0.5, 0.6) is 0 Å². The second kappa shape index (κ2) is 17.1. The van der Waals surface area contributed by atoms with Gasteiger partial charge in [0.15, 0.2) is 5.78 Å². The Labute approximate surface area is 351 Å². The molecule has 269 valence electrons. The Morgan fingerprint density at radius 1 is 0.446 bits per heavy atom. The van der Waals surface area contributed by atoms with Crippen LogP contribution in [0.3, 0.4) is 0 Å². The summed E-state index contributed by atoms with van der Waals surface area (Å²) in [5.74, 6) is -0.0625. The van der Waals surface area contributed by atoms with Gasteiger partial charge < -0.3 is 15.1 Å². The number of hydrogen-bond donors (Lipinski definition) is 1. The Hall–Kier alpha value is -6.21. The van der Waals surface area contributed by atoms with Gasteiger partial charge in [-0.05, 0) is 82.7 Å². The second-order valence-corrected chi connectivity index (χ2v) is 13.2. The van der Waals surface area contributed by atoms with Gasteiger partial charge in [0, 0.05) is 38.8 Å². The maximum atomic E-state index is 10.0. The van der Waals surface area contributed by atoms with Gasteiger partial charge in [-0.2, -0.15) is 0 Å². The van der Waals surface area contributed by atoms with Crippen molar-refractivity contribution in [3.05, 3.63) is 180 Å². The van der Waals surface area contributed by atoms with E-state index < -0.39 is 0 Å². The number of carbonyl (C=O) groups excluding carboxylic acids is 1. The van der Waals surface area contributed by atoms with Crippen LogP contribution in [0.4, 0.5) is 0 Å². The SMILES string of the molecule is C1=Cc2nc1c(-c1ccccc1)c1ccc([n-]1)c(-c1ccccc1)c1nc(c(-c3ccccc3)c3ccc([n-]3)c2-c2ccccc2)C=C1.CC(=O)/C=C(/C)O.[Y]. The molecule has 7 heteroatoms. The number of nitrogens with zero attached hydrogens (tertiary/aromatic N) is 4. The number of rotatable bonds is 5. The zero-order valence-corrected chi connectivity index (χ0v) is 33.8. The summed E-state index contributed by atoms with van der Waals surface area (Å²) in [6.45, 7) is 2.85. The van der Waals surface area contributed by atoms with Crippen LogP contribution >= 0.6 is 0 Å². The zero-order valence-electron chi connectivity index (χ0n) is 31.0. The molecule has 9 rings (SSSR count). The minimum atomic E-state index is -0.125. The summed E-state index contributed by atoms with van der Waals surface area (Å²) in [6.07, 6.45) is 9.57. The summed E-state index contributed by atoms with van der Waals surface area (Å²) in [4.78, 5) is 31.3. The van der Waals surface area contributed by atoms with Gasteiger partial charge >= 0.3 is 0 Å². The van der Waals surface area contributed by atoms with Gasteiger partial charge in [-0.25, -0.2) is 9.97 Å². The molecule has 0 fully saturated rings. The third-order valence-corrected chi connectivity index (χ3v) is 9.27. The molecule has 2 aliphatic rings. The maximum Gasteiger partial charge on any atom is 0.155 e. The van der Waals surface area contributed by atoms with Crippen LogP contribution in [-0.2, 0) is 37.5 Å². The van der Waals surface area contributed by atoms with Gasteiger partial charge in [0.25, 0.3) is 0 Å². The van der Waals surface area contributed by atoms with Gasteiger partial charge in [0.2, 0.25) is 0 Å². The van der Waals surface area contributed by atoms with E-state index in [2.05, 4.69) is 146 Å². The molecule has 1 N–H and O–H groups in total. The summed E-state index contributed by atoms with van der Waals surface area (Å²) in [5, 5.41) is 8.36. The molecule has 1 radical (unpaired) electrons. The summed E-state index contributed by atoms with van der Waals surface area (Å²) in [6, 6.07) is 50.0. The molecule has 4 aromatic carbocycles. The first-order valence-corrected chi connectivity index (χ1v) is 18.1. The maximum absolute atomic E-state index is 10.0. The summed E-state index contributed by atoms with van der Waals surface area (Å²) in [7, 11) is 0. The van der Waals surface area contributed by atoms with E-state index in [-0.39, 0.29) is 44.3 Å². The standard InChI is InChI=1S/C44H28N4.C5H8O2.Y/c1-5-13-29(14-6-1)41-33-21-23-35(45-33)42(30-15-7-2-8-16-30)37-25-27-39(47-37)44(32-19-11-4-12-20-32)40-28-26-38(48-40)43(31-17-9-3-10-18-31)36-24-22-34(41)46-36;1-4(6)3-5(2)7;/h1-28H;3,6H,1-2H3;/q-2;;/b;4-3-;. The zero-order chi connectivity index (χ0) is 37.7. The summed E-state index contributed by atoms with van der Waals surface area (Å²) >= 11 is 0. The van der Waals surface area contributed by atoms with Crippen LogP contribution in [0.1, 0.15) is 36.6 Å². The topological polar surface area (TPSA) is 91.3 Å². The normalized spacial score (nSPS) is 11.7. The average molecular weight is 802 g/mol. The molecule has 0 saturated carbocycles. The van der Waals surface area contributed by atoms with Crippen molar-refractivity contribution < 1.29 is 42.6 Å². The molecular weight excluding hydrogens is 765 g/mol. The van der Waals surface area contributed by atoms with Gasteiger partial charge in [-0.1, -0.05) is 146 Å². The number of fused-ring (bicyclic) bond motifs is 8. The molecule has 7 aromatic rings. The van der Waals surface area contributed by atoms with Crippen LogP contribution in [0.25, 0.3) is 90.9 Å². The molecular formula is C49H36N4O2Y-2. The third-order valence-electron chi connectivity index (χ3n) is 9.27. The van der Waals surface area contributed by atoms with E-state index in [1.165, 1.54) is 19.9 Å². The van der Waals surface area contributed by atoms with Gasteiger partial charge in [0.05, 0.1) is 28.5 Å². The van der Waals surface area contributed by atoms with Crippen LogP contribution in [0, 0.1) is 0 Å². The fraction of sp³-hybridized carbons (Fsp3) is 0.0408. The van der Waals surface area contributed by atoms with Crippen molar-refractivity contribution >= 4 is 52.2 Å². The third kappa shape index (κ3) is 8.08. The minimum Gasteiger partial charge on any atom is -0.657 e. The van der Waals surface area contributed by atoms with Crippen molar-refractivity contribution in [2.24, 2.45) is 0 Å². The molecule has 0 unspecified atom stereocenters. The fourth-order valence-electron chi connectivity index (χ4n) is 6.98. The molecule has 0 atom stereocenters. The fourth-order valence-corrected chi connectivity index (χ4v) is 6.98. The van der Waals surface area contributed by atoms with Crippen molar-refractivity contribution in [2.45, 2.75) is 13.8 Å². The first-order valence-electron chi connectivity index (χ1n) is 18.1. The molecule has 56 heavy (non-hydrogen) atoms. The number of hydrogen-bond acceptors (Lipinski definition) is 4. The summed E-state index contributed by atoms with van der Waals surface area (Å²) in [5.41, 5.74) is 15.0. The van der Waals surface area contributed by atoms with Crippen LogP contribution in [-0.4, -0.2) is 20.9 Å². The van der Waals surface area contributed by atoms with Crippen molar-refractivity contribution in [1.29, 1.82) is 0 Å². The van der Waals surface area contributed by atoms with Gasteiger partial charge in [-0.3, -0.25) is 4.79 Å². The van der Waals surface area contributed by atoms with E-state index in [1.807, 2.05) is 24.3 Å². The molecule has 0 spiro atoms. The Kier molecular flexibility index (Phi) is 11.6. The quantitative estimate of drug-likeness (QED) is 0.138. The van der Waals surface area contributed by atoms with E-state index in [0.717, 1.165) is 89.4 Å². The van der Waals surface area contributed by atoms with Gasteiger partial charge in [0.1, 0.15) is 0 Å². The molecule has 8 bridgehead atoms. The smallest absolute Gasteiger partial charge is 0.155 e. The van der Waals surface area contributed by atoms with Gasteiger partial charge in [-0.15, -0.1) is 22.1 Å². The number of carbonyl (C=O) groups is 1. The number of allylic oxidation sites excluding steroid dienone is 2. The number of aromatic nitrogens is 4. The Morgan fingerprint density at radius 3 is 0.893 bits per heavy atom. The molecule has 6 nitrogen and oxygen atoms in total. The van der Waals surface area contributed by atoms with Crippen LogP contribution in [0.2, 0.25) is 0 Å². The van der Waals surface area contributed by atoms with Crippen LogP contribution in [0.15, 0.2) is 157 Å². The van der Waals surface area contributed by atoms with Crippen LogP contribution < -0.4 is 9.97 Å². The molecule has 0 amide bonds. The minimum absolute atomic E-state index is 0. The van der Waals surface area contributed by atoms with E-state index in [0.29, 0.717) is 0 Å². The molecule has 2 aliphatic heterocycles. The van der Waals surface area contributed by atoms with Crippen molar-refractivity contribution in [1.82, 2.24) is 19.9 Å².